The van der Waals surface area contributed by atoms with E-state index in [9.17, 15) is 4.79 Å². The Bertz CT molecular complexity index is 408. The number of nitrogens with one attached hydrogen (secondary N) is 3. The van der Waals surface area contributed by atoms with Crippen molar-refractivity contribution in [2.45, 2.75) is 39.5 Å². The molecule has 2 rings (SSSR count). The molecule has 1 aliphatic rings. The molecule has 0 radical (unpaired) electrons. The molecule has 1 atom stereocenters. The number of hydrogen-bond acceptors (Lipinski definition) is 3. The summed E-state index contributed by atoms with van der Waals surface area (Å²) in [5, 5.41) is 6.46. The van der Waals surface area contributed by atoms with Gasteiger partial charge in [-0.25, -0.2) is 4.98 Å². The Morgan fingerprint density at radius 3 is 3.05 bits per heavy atom. The van der Waals surface area contributed by atoms with Gasteiger partial charge in [-0.15, -0.1) is 0 Å². The van der Waals surface area contributed by atoms with Crippen LogP contribution in [0.15, 0.2) is 12.4 Å². The summed E-state index contributed by atoms with van der Waals surface area (Å²) in [6, 6.07) is 0. The average Bonchev–Trinajstić information content (AvgIpc) is 2.97. The molecule has 112 valence electrons. The summed E-state index contributed by atoms with van der Waals surface area (Å²) in [6.45, 7) is 6.87. The molecule has 1 unspecified atom stereocenters. The van der Waals surface area contributed by atoms with Gasteiger partial charge in [-0.2, -0.15) is 0 Å². The van der Waals surface area contributed by atoms with Crippen molar-refractivity contribution in [3.05, 3.63) is 18.2 Å². The van der Waals surface area contributed by atoms with Gasteiger partial charge in [0.2, 0.25) is 5.91 Å². The van der Waals surface area contributed by atoms with Crippen molar-refractivity contribution in [1.82, 2.24) is 20.6 Å². The minimum atomic E-state index is -0.294. The Morgan fingerprint density at radius 2 is 2.40 bits per heavy atom. The summed E-state index contributed by atoms with van der Waals surface area (Å²) in [5.74, 6) is 1.59. The number of aryl methyl sites for hydroxylation is 1. The Hall–Kier alpha value is -1.36. The summed E-state index contributed by atoms with van der Waals surface area (Å²) in [6.07, 6.45) is 7.68. The number of piperidine rings is 1. The fraction of sp³-hybridized carbons (Fsp3) is 0.733. The smallest absolute Gasteiger partial charge is 0.225 e. The monoisotopic (exact) mass is 278 g/mol. The molecule has 2 heterocycles. The number of carbonyl (C=O) groups is 1. The zero-order valence-corrected chi connectivity index (χ0v) is 12.5. The topological polar surface area (TPSA) is 69.8 Å². The van der Waals surface area contributed by atoms with Crippen molar-refractivity contribution in [2.24, 2.45) is 11.3 Å². The molecule has 0 aromatic carbocycles. The van der Waals surface area contributed by atoms with Gasteiger partial charge >= 0.3 is 0 Å². The van der Waals surface area contributed by atoms with E-state index in [0.29, 0.717) is 12.5 Å². The third kappa shape index (κ3) is 3.82. The number of aromatic amines is 1. The molecule has 0 bridgehead atoms. The normalized spacial score (nSPS) is 19.8. The number of nitrogens with zero attached hydrogens (tertiary/aromatic N) is 1. The Kier molecular flexibility index (Phi) is 5.17. The highest BCUT2D eigenvalue weighted by molar-refractivity contribution is 5.82. The standard InChI is InChI=1S/C15H26N4O/c1-15(2,12-5-3-7-16-11-12)14(20)19-8-4-6-13-17-9-10-18-13/h9-10,12,16H,3-8,11H2,1-2H3,(H,17,18)(H,19,20). The van der Waals surface area contributed by atoms with Crippen LogP contribution in [0.3, 0.4) is 0 Å². The number of rotatable bonds is 6. The van der Waals surface area contributed by atoms with Crippen molar-refractivity contribution >= 4 is 5.91 Å². The molecule has 0 saturated carbocycles. The van der Waals surface area contributed by atoms with Crippen molar-refractivity contribution in [3.63, 3.8) is 0 Å². The summed E-state index contributed by atoms with van der Waals surface area (Å²) < 4.78 is 0. The molecule has 1 aliphatic heterocycles. The van der Waals surface area contributed by atoms with Crippen LogP contribution in [0.5, 0.6) is 0 Å². The van der Waals surface area contributed by atoms with Gasteiger partial charge in [-0.05, 0) is 38.3 Å². The van der Waals surface area contributed by atoms with Gasteiger partial charge in [0.1, 0.15) is 5.82 Å². The average molecular weight is 278 g/mol. The number of H-pyrrole nitrogens is 1. The van der Waals surface area contributed by atoms with Crippen molar-refractivity contribution < 1.29 is 4.79 Å². The molecule has 0 aliphatic carbocycles. The highest BCUT2D eigenvalue weighted by atomic mass is 16.2. The van der Waals surface area contributed by atoms with E-state index >= 15 is 0 Å². The maximum Gasteiger partial charge on any atom is 0.225 e. The van der Waals surface area contributed by atoms with Gasteiger partial charge < -0.3 is 15.6 Å². The first kappa shape index (κ1) is 15.0. The molecule has 1 amide bonds. The fourth-order valence-electron chi connectivity index (χ4n) is 2.77. The molecule has 1 saturated heterocycles. The van der Waals surface area contributed by atoms with E-state index in [-0.39, 0.29) is 11.3 Å². The lowest BCUT2D eigenvalue weighted by Crippen LogP contribution is -2.47. The van der Waals surface area contributed by atoms with Crippen molar-refractivity contribution in [2.75, 3.05) is 19.6 Å². The molecule has 1 aromatic heterocycles. The SMILES string of the molecule is CC(C)(C(=O)NCCCc1ncc[nH]1)C1CCCNC1. The largest absolute Gasteiger partial charge is 0.356 e. The Morgan fingerprint density at radius 1 is 1.55 bits per heavy atom. The molecule has 5 nitrogen and oxygen atoms in total. The number of amides is 1. The Labute approximate surface area is 120 Å². The second-order valence-corrected chi connectivity index (χ2v) is 6.16. The summed E-state index contributed by atoms with van der Waals surface area (Å²) >= 11 is 0. The van der Waals surface area contributed by atoms with E-state index in [1.54, 1.807) is 6.20 Å². The second-order valence-electron chi connectivity index (χ2n) is 6.16. The first-order valence-corrected chi connectivity index (χ1v) is 7.58. The molecular formula is C15H26N4O. The lowest BCUT2D eigenvalue weighted by Gasteiger charge is -2.36. The predicted molar refractivity (Wildman–Crippen MR) is 79.3 cm³/mol. The fourth-order valence-corrected chi connectivity index (χ4v) is 2.77. The van der Waals surface area contributed by atoms with Gasteiger partial charge in [0, 0.05) is 30.8 Å². The molecule has 5 heteroatoms. The molecular weight excluding hydrogens is 252 g/mol. The Balaban J connectivity index is 1.72. The van der Waals surface area contributed by atoms with Crippen LogP contribution < -0.4 is 10.6 Å². The first-order valence-electron chi connectivity index (χ1n) is 7.58. The van der Waals surface area contributed by atoms with Gasteiger partial charge in [-0.3, -0.25) is 4.79 Å². The lowest BCUT2D eigenvalue weighted by atomic mass is 9.74. The number of aromatic nitrogens is 2. The van der Waals surface area contributed by atoms with E-state index in [4.69, 9.17) is 0 Å². The third-order valence-electron chi connectivity index (χ3n) is 4.33. The third-order valence-corrected chi connectivity index (χ3v) is 4.33. The summed E-state index contributed by atoms with van der Waals surface area (Å²) in [4.78, 5) is 19.6. The lowest BCUT2D eigenvalue weighted by molar-refractivity contribution is -0.132. The number of carbonyl (C=O) groups excluding carboxylic acids is 1. The maximum atomic E-state index is 12.4. The number of imidazole rings is 1. The molecule has 1 aromatic rings. The summed E-state index contributed by atoms with van der Waals surface area (Å²) in [5.41, 5.74) is -0.294. The van der Waals surface area contributed by atoms with Crippen molar-refractivity contribution in [3.8, 4) is 0 Å². The molecule has 1 fully saturated rings. The van der Waals surface area contributed by atoms with Crippen molar-refractivity contribution in [1.29, 1.82) is 0 Å². The van der Waals surface area contributed by atoms with E-state index in [1.807, 2.05) is 6.20 Å². The van der Waals surface area contributed by atoms with Gasteiger partial charge in [-0.1, -0.05) is 13.8 Å². The maximum absolute atomic E-state index is 12.4. The van der Waals surface area contributed by atoms with E-state index in [0.717, 1.165) is 38.2 Å². The summed E-state index contributed by atoms with van der Waals surface area (Å²) in [7, 11) is 0. The molecule has 20 heavy (non-hydrogen) atoms. The quantitative estimate of drug-likeness (QED) is 0.690. The van der Waals surface area contributed by atoms with Gasteiger partial charge in [0.05, 0.1) is 0 Å². The van der Waals surface area contributed by atoms with Crippen LogP contribution in [-0.2, 0) is 11.2 Å². The highest BCUT2D eigenvalue weighted by Crippen LogP contribution is 2.31. The van der Waals surface area contributed by atoms with Crippen LogP contribution in [0.1, 0.15) is 38.9 Å². The van der Waals surface area contributed by atoms with Crippen LogP contribution in [0, 0.1) is 11.3 Å². The predicted octanol–water partition coefficient (Wildman–Crippen LogP) is 1.48. The van der Waals surface area contributed by atoms with Gasteiger partial charge in [0.15, 0.2) is 0 Å². The van der Waals surface area contributed by atoms with E-state index in [1.165, 1.54) is 6.42 Å². The van der Waals surface area contributed by atoms with Crippen LogP contribution in [0.25, 0.3) is 0 Å². The minimum Gasteiger partial charge on any atom is -0.356 e. The number of hydrogen-bond donors (Lipinski definition) is 3. The van der Waals surface area contributed by atoms with Crippen LogP contribution in [-0.4, -0.2) is 35.5 Å². The second kappa shape index (κ2) is 6.88. The minimum absolute atomic E-state index is 0.172. The van der Waals surface area contributed by atoms with E-state index in [2.05, 4.69) is 34.4 Å². The van der Waals surface area contributed by atoms with Crippen LogP contribution >= 0.6 is 0 Å². The van der Waals surface area contributed by atoms with Gasteiger partial charge in [0.25, 0.3) is 0 Å². The zero-order valence-electron chi connectivity index (χ0n) is 12.5. The highest BCUT2D eigenvalue weighted by Gasteiger charge is 2.36. The molecule has 0 spiro atoms. The zero-order chi connectivity index (χ0) is 14.4. The molecule has 3 N–H and O–H groups in total. The van der Waals surface area contributed by atoms with Crippen LogP contribution in [0.4, 0.5) is 0 Å². The van der Waals surface area contributed by atoms with Crippen LogP contribution in [0.2, 0.25) is 0 Å². The first-order chi connectivity index (χ1) is 9.60. The van der Waals surface area contributed by atoms with E-state index < -0.39 is 0 Å².